The van der Waals surface area contributed by atoms with Crippen LogP contribution >= 0.6 is 0 Å². The Morgan fingerprint density at radius 2 is 1.67 bits per heavy atom. The lowest BCUT2D eigenvalue weighted by atomic mass is 10.1. The van der Waals surface area contributed by atoms with Crippen molar-refractivity contribution in [3.63, 3.8) is 0 Å². The molecule has 0 spiro atoms. The summed E-state index contributed by atoms with van der Waals surface area (Å²) >= 11 is 0. The van der Waals surface area contributed by atoms with E-state index in [1.54, 1.807) is 24.3 Å². The van der Waals surface area contributed by atoms with E-state index in [0.717, 1.165) is 11.1 Å². The van der Waals surface area contributed by atoms with Gasteiger partial charge < -0.3 is 0 Å². The van der Waals surface area contributed by atoms with Crippen LogP contribution < -0.4 is 0 Å². The average molecular weight is 246 g/mol. The van der Waals surface area contributed by atoms with Crippen LogP contribution in [0.1, 0.15) is 34.6 Å². The number of rotatable bonds is 1. The second-order valence-corrected chi connectivity index (χ2v) is 3.88. The van der Waals surface area contributed by atoms with Crippen molar-refractivity contribution in [2.45, 2.75) is 13.8 Å². The first kappa shape index (κ1) is 12.2. The number of aliphatic imine (C=N–C) groups is 1. The highest BCUT2D eigenvalue weighted by molar-refractivity contribution is 6.29. The van der Waals surface area contributed by atoms with Crippen LogP contribution in [0.2, 0.25) is 0 Å². The van der Waals surface area contributed by atoms with E-state index in [4.69, 9.17) is 0 Å². The standard InChI is InChI=1S/C13H11FN2O2/c1-8(14)7-15-9(2)16-12(17)10-5-3-4-6-11(10)13(16)18/h3-7H,1-2H3/b8-7+,15-9?. The molecule has 0 fully saturated rings. The van der Waals surface area contributed by atoms with Crippen molar-refractivity contribution in [2.75, 3.05) is 0 Å². The highest BCUT2D eigenvalue weighted by Gasteiger charge is 2.36. The van der Waals surface area contributed by atoms with Gasteiger partial charge in [0.25, 0.3) is 11.8 Å². The highest BCUT2D eigenvalue weighted by atomic mass is 19.1. The molecule has 0 bridgehead atoms. The molecule has 5 heteroatoms. The third kappa shape index (κ3) is 1.95. The Kier molecular flexibility index (Phi) is 3.06. The molecule has 1 aliphatic rings. The van der Waals surface area contributed by atoms with E-state index in [-0.39, 0.29) is 5.84 Å². The molecular formula is C13H11FN2O2. The van der Waals surface area contributed by atoms with Crippen molar-refractivity contribution >= 4 is 17.6 Å². The summed E-state index contributed by atoms with van der Waals surface area (Å²) in [6, 6.07) is 6.54. The normalized spacial score (nSPS) is 16.3. The minimum absolute atomic E-state index is 0.151. The summed E-state index contributed by atoms with van der Waals surface area (Å²) in [6.07, 6.45) is 0.971. The van der Waals surface area contributed by atoms with Crippen molar-refractivity contribution in [3.05, 3.63) is 47.4 Å². The van der Waals surface area contributed by atoms with Crippen LogP contribution in [0, 0.1) is 0 Å². The number of amides is 2. The number of imide groups is 1. The maximum absolute atomic E-state index is 12.6. The van der Waals surface area contributed by atoms with E-state index in [9.17, 15) is 14.0 Å². The molecule has 1 aliphatic heterocycles. The van der Waals surface area contributed by atoms with Crippen LogP contribution in [-0.2, 0) is 0 Å². The van der Waals surface area contributed by atoms with Gasteiger partial charge in [0.1, 0.15) is 11.7 Å². The first-order valence-electron chi connectivity index (χ1n) is 5.37. The molecule has 0 saturated carbocycles. The number of hydrogen-bond acceptors (Lipinski definition) is 3. The zero-order valence-electron chi connectivity index (χ0n) is 9.98. The van der Waals surface area contributed by atoms with Crippen LogP contribution in [0.5, 0.6) is 0 Å². The number of halogens is 1. The fourth-order valence-corrected chi connectivity index (χ4v) is 1.72. The van der Waals surface area contributed by atoms with Crippen LogP contribution in [0.25, 0.3) is 0 Å². The number of carbonyl (C=O) groups is 2. The van der Waals surface area contributed by atoms with E-state index >= 15 is 0 Å². The zero-order chi connectivity index (χ0) is 13.3. The molecule has 0 N–H and O–H groups in total. The molecule has 2 rings (SSSR count). The Morgan fingerprint density at radius 3 is 2.11 bits per heavy atom. The van der Waals surface area contributed by atoms with E-state index in [1.165, 1.54) is 13.8 Å². The van der Waals surface area contributed by atoms with Gasteiger partial charge in [-0.25, -0.2) is 14.3 Å². The topological polar surface area (TPSA) is 49.7 Å². The monoisotopic (exact) mass is 246 g/mol. The molecule has 1 aromatic carbocycles. The molecular weight excluding hydrogens is 235 g/mol. The molecule has 0 aliphatic carbocycles. The fourth-order valence-electron chi connectivity index (χ4n) is 1.72. The van der Waals surface area contributed by atoms with E-state index in [0.29, 0.717) is 11.1 Å². The van der Waals surface area contributed by atoms with Crippen molar-refractivity contribution in [1.82, 2.24) is 4.90 Å². The lowest BCUT2D eigenvalue weighted by Gasteiger charge is -2.11. The minimum Gasteiger partial charge on any atom is -0.268 e. The molecule has 0 atom stereocenters. The molecule has 18 heavy (non-hydrogen) atoms. The number of allylic oxidation sites excluding steroid dienone is 1. The molecule has 2 amide bonds. The Bertz CT molecular complexity index is 551. The Morgan fingerprint density at radius 1 is 1.17 bits per heavy atom. The second-order valence-electron chi connectivity index (χ2n) is 3.88. The third-order valence-corrected chi connectivity index (χ3v) is 2.55. The summed E-state index contributed by atoms with van der Waals surface area (Å²) in [4.78, 5) is 28.7. The van der Waals surface area contributed by atoms with Gasteiger partial charge in [-0.05, 0) is 26.0 Å². The summed E-state index contributed by atoms with van der Waals surface area (Å²) in [7, 11) is 0. The van der Waals surface area contributed by atoms with E-state index < -0.39 is 17.6 Å². The first-order chi connectivity index (χ1) is 8.52. The molecule has 4 nitrogen and oxygen atoms in total. The smallest absolute Gasteiger partial charge is 0.267 e. The Balaban J connectivity index is 2.40. The predicted molar refractivity (Wildman–Crippen MR) is 64.9 cm³/mol. The van der Waals surface area contributed by atoms with Crippen molar-refractivity contribution in [1.29, 1.82) is 0 Å². The number of hydrogen-bond donors (Lipinski definition) is 0. The maximum atomic E-state index is 12.6. The molecule has 1 heterocycles. The summed E-state index contributed by atoms with van der Waals surface area (Å²) in [5.74, 6) is -1.20. The van der Waals surface area contributed by atoms with Gasteiger partial charge in [0.15, 0.2) is 0 Å². The fraction of sp³-hybridized carbons (Fsp3) is 0.154. The summed E-state index contributed by atoms with van der Waals surface area (Å²) in [5, 5.41) is 0. The summed E-state index contributed by atoms with van der Waals surface area (Å²) in [5.41, 5.74) is 0.691. The lowest BCUT2D eigenvalue weighted by Crippen LogP contribution is -2.34. The van der Waals surface area contributed by atoms with Crippen LogP contribution in [0.4, 0.5) is 4.39 Å². The van der Waals surface area contributed by atoms with Gasteiger partial charge in [0, 0.05) is 0 Å². The van der Waals surface area contributed by atoms with Gasteiger partial charge in [0.2, 0.25) is 0 Å². The Labute approximate surface area is 103 Å². The number of amidine groups is 1. The van der Waals surface area contributed by atoms with Crippen LogP contribution in [0.3, 0.4) is 0 Å². The van der Waals surface area contributed by atoms with Gasteiger partial charge >= 0.3 is 0 Å². The van der Waals surface area contributed by atoms with E-state index in [1.807, 2.05) is 0 Å². The second kappa shape index (κ2) is 4.52. The number of carbonyl (C=O) groups excluding carboxylic acids is 2. The first-order valence-corrected chi connectivity index (χ1v) is 5.37. The minimum atomic E-state index is -0.494. The number of fused-ring (bicyclic) bond motifs is 1. The molecule has 0 radical (unpaired) electrons. The summed E-state index contributed by atoms with van der Waals surface area (Å²) in [6.45, 7) is 2.72. The van der Waals surface area contributed by atoms with Crippen molar-refractivity contribution < 1.29 is 14.0 Å². The highest BCUT2D eigenvalue weighted by Crippen LogP contribution is 2.22. The third-order valence-electron chi connectivity index (χ3n) is 2.55. The molecule has 0 aromatic heterocycles. The van der Waals surface area contributed by atoms with Gasteiger partial charge in [-0.15, -0.1) is 0 Å². The zero-order valence-corrected chi connectivity index (χ0v) is 9.98. The number of benzene rings is 1. The van der Waals surface area contributed by atoms with Gasteiger partial charge in [-0.1, -0.05) is 12.1 Å². The van der Waals surface area contributed by atoms with Crippen LogP contribution in [0.15, 0.2) is 41.3 Å². The average Bonchev–Trinajstić information content (AvgIpc) is 2.60. The van der Waals surface area contributed by atoms with Gasteiger partial charge in [-0.3, -0.25) is 9.59 Å². The molecule has 0 unspecified atom stereocenters. The van der Waals surface area contributed by atoms with Gasteiger partial charge in [0.05, 0.1) is 17.3 Å². The molecule has 0 saturated heterocycles. The lowest BCUT2D eigenvalue weighted by molar-refractivity contribution is 0.0748. The number of nitrogens with zero attached hydrogens (tertiary/aromatic N) is 2. The van der Waals surface area contributed by atoms with Gasteiger partial charge in [-0.2, -0.15) is 0 Å². The predicted octanol–water partition coefficient (Wildman–Crippen LogP) is 2.53. The summed E-state index contributed by atoms with van der Waals surface area (Å²) < 4.78 is 12.6. The SMILES string of the molecule is CC(=N/C=C(\C)F)N1C(=O)c2ccccc2C1=O. The Hall–Kier alpha value is -2.30. The quantitative estimate of drug-likeness (QED) is 0.434. The molecule has 92 valence electrons. The van der Waals surface area contributed by atoms with Crippen molar-refractivity contribution in [2.24, 2.45) is 4.99 Å². The largest absolute Gasteiger partial charge is 0.268 e. The maximum Gasteiger partial charge on any atom is 0.267 e. The van der Waals surface area contributed by atoms with Crippen LogP contribution in [-0.4, -0.2) is 22.5 Å². The van der Waals surface area contributed by atoms with Crippen molar-refractivity contribution in [3.8, 4) is 0 Å². The molecule has 1 aromatic rings. The van der Waals surface area contributed by atoms with E-state index in [2.05, 4.69) is 4.99 Å².